The minimum absolute atomic E-state index is 0.307. The van der Waals surface area contributed by atoms with Crippen molar-refractivity contribution in [2.24, 2.45) is 0 Å². The third-order valence-electron chi connectivity index (χ3n) is 4.98. The highest BCUT2D eigenvalue weighted by molar-refractivity contribution is 5.44. The Morgan fingerprint density at radius 2 is 1.76 bits per heavy atom. The monoisotopic (exact) mass is 390 g/mol. The van der Waals surface area contributed by atoms with Crippen LogP contribution in [0.5, 0.6) is 17.2 Å². The maximum Gasteiger partial charge on any atom is 0.231 e. The van der Waals surface area contributed by atoms with Crippen molar-refractivity contribution >= 4 is 0 Å². The van der Waals surface area contributed by atoms with E-state index in [0.717, 1.165) is 43.3 Å². The Labute approximate surface area is 171 Å². The third-order valence-corrected chi connectivity index (χ3v) is 4.98. The molecule has 1 aliphatic rings. The van der Waals surface area contributed by atoms with E-state index in [1.807, 2.05) is 37.5 Å². The summed E-state index contributed by atoms with van der Waals surface area (Å²) in [6.45, 7) is 5.59. The Bertz CT molecular complexity index is 930. The Balaban J connectivity index is 1.49. The number of rotatable bonds is 9. The van der Waals surface area contributed by atoms with Gasteiger partial charge < -0.3 is 14.2 Å². The summed E-state index contributed by atoms with van der Waals surface area (Å²) < 4.78 is 16.8. The fourth-order valence-corrected chi connectivity index (χ4v) is 3.52. The first kappa shape index (κ1) is 19.3. The van der Waals surface area contributed by atoms with Crippen LogP contribution in [-0.4, -0.2) is 29.8 Å². The molecule has 29 heavy (non-hydrogen) atoms. The van der Waals surface area contributed by atoms with E-state index in [2.05, 4.69) is 46.3 Å². The second-order valence-electron chi connectivity index (χ2n) is 7.04. The van der Waals surface area contributed by atoms with E-state index in [4.69, 9.17) is 14.2 Å². The zero-order valence-electron chi connectivity index (χ0n) is 16.7. The van der Waals surface area contributed by atoms with Crippen molar-refractivity contribution in [2.45, 2.75) is 26.4 Å². The molecule has 1 aliphatic heterocycles. The van der Waals surface area contributed by atoms with Gasteiger partial charge in [-0.2, -0.15) is 0 Å². The normalized spacial score (nSPS) is 12.3. The van der Waals surface area contributed by atoms with Crippen LogP contribution >= 0.6 is 0 Å². The number of hydrogen-bond acceptors (Lipinski definition) is 5. The van der Waals surface area contributed by atoms with Crippen molar-refractivity contribution in [3.8, 4) is 17.2 Å². The number of aromatic nitrogens is 1. The topological polar surface area (TPSA) is 43.8 Å². The van der Waals surface area contributed by atoms with Crippen LogP contribution in [0.25, 0.3) is 0 Å². The maximum atomic E-state index is 5.83. The molecule has 0 amide bonds. The van der Waals surface area contributed by atoms with Crippen LogP contribution in [0, 0.1) is 0 Å². The largest absolute Gasteiger partial charge is 0.494 e. The Kier molecular flexibility index (Phi) is 6.27. The van der Waals surface area contributed by atoms with Gasteiger partial charge in [-0.3, -0.25) is 9.88 Å². The number of benzene rings is 2. The lowest BCUT2D eigenvalue weighted by atomic mass is 10.1. The fourth-order valence-electron chi connectivity index (χ4n) is 3.52. The summed E-state index contributed by atoms with van der Waals surface area (Å²) in [5.74, 6) is 2.62. The first-order valence-electron chi connectivity index (χ1n) is 10.0. The van der Waals surface area contributed by atoms with Crippen molar-refractivity contribution < 1.29 is 14.2 Å². The molecule has 5 nitrogen and oxygen atoms in total. The first-order valence-corrected chi connectivity index (χ1v) is 10.0. The SMILES string of the molecule is CCOc1ccccc1CN(CCc1ccc2c(c1)OCO2)Cc1ccncc1. The molecular formula is C24H26N2O3. The summed E-state index contributed by atoms with van der Waals surface area (Å²) in [5, 5.41) is 0. The standard InChI is InChI=1S/C24H26N2O3/c1-2-27-22-6-4-3-5-21(22)17-26(16-20-9-12-25-13-10-20)14-11-19-7-8-23-24(15-19)29-18-28-23/h3-10,12-13,15H,2,11,14,16-18H2,1H3. The Morgan fingerprint density at radius 1 is 0.931 bits per heavy atom. The van der Waals surface area contributed by atoms with E-state index in [1.165, 1.54) is 16.7 Å². The molecular weight excluding hydrogens is 364 g/mol. The van der Waals surface area contributed by atoms with Crippen LogP contribution in [0.15, 0.2) is 67.0 Å². The van der Waals surface area contributed by atoms with Gasteiger partial charge in [-0.05, 0) is 54.8 Å². The van der Waals surface area contributed by atoms with Crippen LogP contribution in [0.4, 0.5) is 0 Å². The Hall–Kier alpha value is -3.05. The Morgan fingerprint density at radius 3 is 2.62 bits per heavy atom. The number of nitrogens with zero attached hydrogens (tertiary/aromatic N) is 2. The summed E-state index contributed by atoms with van der Waals surface area (Å²) in [6.07, 6.45) is 4.62. The molecule has 4 rings (SSSR count). The number of fused-ring (bicyclic) bond motifs is 1. The zero-order valence-corrected chi connectivity index (χ0v) is 16.7. The van der Waals surface area contributed by atoms with Gasteiger partial charge in [0.2, 0.25) is 6.79 Å². The van der Waals surface area contributed by atoms with Crippen molar-refractivity contribution in [3.63, 3.8) is 0 Å². The molecule has 0 fully saturated rings. The first-order chi connectivity index (χ1) is 14.3. The zero-order chi connectivity index (χ0) is 19.9. The molecule has 2 heterocycles. The van der Waals surface area contributed by atoms with Gasteiger partial charge in [0.15, 0.2) is 11.5 Å². The van der Waals surface area contributed by atoms with Crippen molar-refractivity contribution in [1.29, 1.82) is 0 Å². The summed E-state index contributed by atoms with van der Waals surface area (Å²) in [4.78, 5) is 6.58. The second-order valence-corrected chi connectivity index (χ2v) is 7.04. The molecule has 2 aromatic carbocycles. The van der Waals surface area contributed by atoms with Crippen molar-refractivity contribution in [2.75, 3.05) is 19.9 Å². The molecule has 5 heteroatoms. The highest BCUT2D eigenvalue weighted by Crippen LogP contribution is 2.32. The molecule has 0 saturated carbocycles. The quantitative estimate of drug-likeness (QED) is 0.540. The summed E-state index contributed by atoms with van der Waals surface area (Å²) in [6, 6.07) is 18.6. The lowest BCUT2D eigenvalue weighted by Crippen LogP contribution is -2.25. The molecule has 150 valence electrons. The molecule has 0 N–H and O–H groups in total. The molecule has 0 bridgehead atoms. The van der Waals surface area contributed by atoms with Crippen LogP contribution in [-0.2, 0) is 19.5 Å². The van der Waals surface area contributed by atoms with Gasteiger partial charge in [-0.1, -0.05) is 24.3 Å². The van der Waals surface area contributed by atoms with Crippen LogP contribution < -0.4 is 14.2 Å². The predicted molar refractivity (Wildman–Crippen MR) is 112 cm³/mol. The van der Waals surface area contributed by atoms with Crippen molar-refractivity contribution in [3.05, 3.63) is 83.7 Å². The highest BCUT2D eigenvalue weighted by atomic mass is 16.7. The number of pyridine rings is 1. The fraction of sp³-hybridized carbons (Fsp3) is 0.292. The van der Waals surface area contributed by atoms with Crippen LogP contribution in [0.2, 0.25) is 0 Å². The van der Waals surface area contributed by atoms with Gasteiger partial charge in [0.25, 0.3) is 0 Å². The van der Waals surface area contributed by atoms with Gasteiger partial charge in [-0.15, -0.1) is 0 Å². The van der Waals surface area contributed by atoms with E-state index in [0.29, 0.717) is 13.4 Å². The summed E-state index contributed by atoms with van der Waals surface area (Å²) in [7, 11) is 0. The highest BCUT2D eigenvalue weighted by Gasteiger charge is 2.15. The van der Waals surface area contributed by atoms with E-state index in [-0.39, 0.29) is 0 Å². The lowest BCUT2D eigenvalue weighted by molar-refractivity contribution is 0.174. The van der Waals surface area contributed by atoms with Crippen molar-refractivity contribution in [1.82, 2.24) is 9.88 Å². The predicted octanol–water partition coefficient (Wildman–Crippen LogP) is 4.45. The molecule has 0 spiro atoms. The molecule has 3 aromatic rings. The molecule has 0 atom stereocenters. The minimum atomic E-state index is 0.307. The smallest absolute Gasteiger partial charge is 0.231 e. The van der Waals surface area contributed by atoms with E-state index in [9.17, 15) is 0 Å². The van der Waals surface area contributed by atoms with Crippen LogP contribution in [0.1, 0.15) is 23.6 Å². The average molecular weight is 390 g/mol. The van der Waals surface area contributed by atoms with E-state index >= 15 is 0 Å². The lowest BCUT2D eigenvalue weighted by Gasteiger charge is -2.24. The minimum Gasteiger partial charge on any atom is -0.494 e. The third kappa shape index (κ3) is 5.06. The molecule has 0 saturated heterocycles. The second kappa shape index (κ2) is 9.43. The molecule has 1 aromatic heterocycles. The van der Waals surface area contributed by atoms with E-state index in [1.54, 1.807) is 0 Å². The maximum absolute atomic E-state index is 5.83. The van der Waals surface area contributed by atoms with Gasteiger partial charge in [0, 0.05) is 37.6 Å². The van der Waals surface area contributed by atoms with Crippen LogP contribution in [0.3, 0.4) is 0 Å². The van der Waals surface area contributed by atoms with Gasteiger partial charge in [0.1, 0.15) is 5.75 Å². The average Bonchev–Trinajstić information content (AvgIpc) is 3.22. The van der Waals surface area contributed by atoms with Gasteiger partial charge in [0.05, 0.1) is 6.61 Å². The summed E-state index contributed by atoms with van der Waals surface area (Å²) >= 11 is 0. The van der Waals surface area contributed by atoms with E-state index < -0.39 is 0 Å². The molecule has 0 aliphatic carbocycles. The van der Waals surface area contributed by atoms with Gasteiger partial charge in [-0.25, -0.2) is 0 Å². The number of ether oxygens (including phenoxy) is 3. The summed E-state index contributed by atoms with van der Waals surface area (Å²) in [5.41, 5.74) is 3.70. The van der Waals surface area contributed by atoms with Gasteiger partial charge >= 0.3 is 0 Å². The number of hydrogen-bond donors (Lipinski definition) is 0. The number of para-hydroxylation sites is 1. The molecule has 0 unspecified atom stereocenters. The molecule has 0 radical (unpaired) electrons.